The molecule has 1 aromatic rings. The maximum absolute atomic E-state index is 12.5. The van der Waals surface area contributed by atoms with Crippen molar-refractivity contribution in [3.63, 3.8) is 0 Å². The van der Waals surface area contributed by atoms with Gasteiger partial charge in [-0.15, -0.1) is 0 Å². The van der Waals surface area contributed by atoms with Gasteiger partial charge in [0.2, 0.25) is 0 Å². The molecular weight excluding hydrogens is 416 g/mol. The lowest BCUT2D eigenvalue weighted by atomic mass is 9.86. The largest absolute Gasteiger partial charge is 0.383 e. The van der Waals surface area contributed by atoms with Crippen LogP contribution < -0.4 is 5.32 Å². The Morgan fingerprint density at radius 2 is 2.04 bits per heavy atom. The Labute approximate surface area is 170 Å². The van der Waals surface area contributed by atoms with Crippen molar-refractivity contribution in [3.8, 4) is 0 Å². The summed E-state index contributed by atoms with van der Waals surface area (Å²) in [5.74, 6) is 0. The molecule has 2 rings (SSSR count). The Balaban J connectivity index is 2.24. The number of benzene rings is 1. The Bertz CT molecular complexity index is 700. The van der Waals surface area contributed by atoms with Crippen molar-refractivity contribution in [1.82, 2.24) is 10.2 Å². The minimum Gasteiger partial charge on any atom is -0.383 e. The van der Waals surface area contributed by atoms with Crippen molar-refractivity contribution in [1.29, 1.82) is 0 Å². The van der Waals surface area contributed by atoms with Crippen molar-refractivity contribution < 1.29 is 9.53 Å². The first-order valence-electron chi connectivity index (χ1n) is 8.81. The number of hydrogen-bond donors (Lipinski definition) is 1. The Morgan fingerprint density at radius 3 is 2.62 bits per heavy atom. The van der Waals surface area contributed by atoms with E-state index >= 15 is 0 Å². The first kappa shape index (κ1) is 21.3. The van der Waals surface area contributed by atoms with Crippen LogP contribution in [0.1, 0.15) is 45.2 Å². The molecule has 0 aliphatic carbocycles. The van der Waals surface area contributed by atoms with Crippen molar-refractivity contribution in [2.45, 2.75) is 46.1 Å². The second kappa shape index (κ2) is 8.32. The number of carbonyl (C=O) groups is 1. The van der Waals surface area contributed by atoms with Crippen LogP contribution in [-0.2, 0) is 16.7 Å². The Morgan fingerprint density at radius 1 is 1.35 bits per heavy atom. The highest BCUT2D eigenvalue weighted by atomic mass is 79.9. The van der Waals surface area contributed by atoms with E-state index < -0.39 is 5.54 Å². The number of amides is 2. The van der Waals surface area contributed by atoms with Crippen molar-refractivity contribution in [3.05, 3.63) is 45.0 Å². The molecule has 1 heterocycles. The third-order valence-electron chi connectivity index (χ3n) is 4.68. The predicted molar refractivity (Wildman–Crippen MR) is 111 cm³/mol. The van der Waals surface area contributed by atoms with Gasteiger partial charge in [0, 0.05) is 22.8 Å². The number of ether oxygens (including phenoxy) is 1. The van der Waals surface area contributed by atoms with Crippen LogP contribution in [0.3, 0.4) is 0 Å². The predicted octanol–water partition coefficient (Wildman–Crippen LogP) is 5.44. The summed E-state index contributed by atoms with van der Waals surface area (Å²) >= 11 is 10.2. The lowest BCUT2D eigenvalue weighted by molar-refractivity contribution is 0.158. The topological polar surface area (TPSA) is 41.6 Å². The zero-order chi connectivity index (χ0) is 19.5. The van der Waals surface area contributed by atoms with Crippen LogP contribution in [0.25, 0.3) is 0 Å². The summed E-state index contributed by atoms with van der Waals surface area (Å²) in [5.41, 5.74) is 1.71. The highest BCUT2D eigenvalue weighted by Gasteiger charge is 2.37. The third-order valence-corrected chi connectivity index (χ3v) is 6.03. The fourth-order valence-corrected chi connectivity index (χ4v) is 3.66. The van der Waals surface area contributed by atoms with Gasteiger partial charge in [-0.1, -0.05) is 60.4 Å². The molecule has 26 heavy (non-hydrogen) atoms. The van der Waals surface area contributed by atoms with Gasteiger partial charge in [-0.3, -0.25) is 4.90 Å². The number of rotatable bonds is 6. The summed E-state index contributed by atoms with van der Waals surface area (Å²) in [5, 5.41) is 3.82. The molecular formula is C20H28BrClN2O2. The molecule has 1 aromatic carbocycles. The van der Waals surface area contributed by atoms with Gasteiger partial charge in [-0.05, 0) is 42.4 Å². The SMILES string of the molecule is COCCN1C=C(Br)[C@](C)(c2ccc(CCC(C)(C)C)c(Cl)c2)NC1=O. The van der Waals surface area contributed by atoms with Crippen LogP contribution in [0.4, 0.5) is 4.79 Å². The van der Waals surface area contributed by atoms with E-state index in [4.69, 9.17) is 16.3 Å². The summed E-state index contributed by atoms with van der Waals surface area (Å²) in [6.45, 7) is 9.64. The fraction of sp³-hybridized carbons (Fsp3) is 0.550. The maximum atomic E-state index is 12.5. The fourth-order valence-electron chi connectivity index (χ4n) is 2.81. The molecule has 1 aliphatic heterocycles. The van der Waals surface area contributed by atoms with Gasteiger partial charge in [0.15, 0.2) is 0 Å². The quantitative estimate of drug-likeness (QED) is 0.636. The maximum Gasteiger partial charge on any atom is 0.322 e. The van der Waals surface area contributed by atoms with E-state index in [1.807, 2.05) is 25.3 Å². The molecule has 144 valence electrons. The number of nitrogens with zero attached hydrogens (tertiary/aromatic N) is 1. The molecule has 4 nitrogen and oxygen atoms in total. The van der Waals surface area contributed by atoms with Gasteiger partial charge in [0.1, 0.15) is 0 Å². The van der Waals surface area contributed by atoms with Gasteiger partial charge in [0.05, 0.1) is 18.7 Å². The van der Waals surface area contributed by atoms with E-state index in [2.05, 4.69) is 48.1 Å². The normalized spacial score (nSPS) is 20.8. The second-order valence-corrected chi connectivity index (χ2v) is 9.35. The molecule has 0 saturated heterocycles. The number of nitrogens with one attached hydrogen (secondary N) is 1. The van der Waals surface area contributed by atoms with Crippen LogP contribution in [0.5, 0.6) is 0 Å². The molecule has 0 aromatic heterocycles. The van der Waals surface area contributed by atoms with Crippen molar-refractivity contribution >= 4 is 33.6 Å². The Hall–Kier alpha value is -1.04. The molecule has 0 saturated carbocycles. The number of methoxy groups -OCH3 is 1. The molecule has 2 amide bonds. The number of carbonyl (C=O) groups excluding carboxylic acids is 1. The van der Waals surface area contributed by atoms with Gasteiger partial charge in [-0.25, -0.2) is 4.79 Å². The van der Waals surface area contributed by atoms with Gasteiger partial charge in [0.25, 0.3) is 0 Å². The summed E-state index contributed by atoms with van der Waals surface area (Å²) in [4.78, 5) is 14.1. The summed E-state index contributed by atoms with van der Waals surface area (Å²) in [7, 11) is 1.62. The van der Waals surface area contributed by atoms with E-state index in [9.17, 15) is 4.79 Å². The van der Waals surface area contributed by atoms with Crippen LogP contribution in [0.2, 0.25) is 5.02 Å². The van der Waals surface area contributed by atoms with Gasteiger partial charge < -0.3 is 10.1 Å². The van der Waals surface area contributed by atoms with Crippen LogP contribution in [0.15, 0.2) is 28.9 Å². The first-order chi connectivity index (χ1) is 12.1. The summed E-state index contributed by atoms with van der Waals surface area (Å²) in [6, 6.07) is 5.92. The van der Waals surface area contributed by atoms with Crippen molar-refractivity contribution in [2.24, 2.45) is 5.41 Å². The molecule has 1 atom stereocenters. The number of urea groups is 1. The number of aryl methyl sites for hydroxylation is 1. The summed E-state index contributed by atoms with van der Waals surface area (Å²) < 4.78 is 5.93. The smallest absolute Gasteiger partial charge is 0.322 e. The average Bonchev–Trinajstić information content (AvgIpc) is 2.55. The van der Waals surface area contributed by atoms with Gasteiger partial charge >= 0.3 is 6.03 Å². The Kier molecular flexibility index (Phi) is 6.81. The third kappa shape index (κ3) is 5.02. The standard InChI is InChI=1S/C20H28BrClN2O2/c1-19(2,3)9-8-14-6-7-15(12-16(14)22)20(4)17(21)13-24(10-11-26-5)18(25)23-20/h6-7,12-13H,8-11H2,1-5H3,(H,23,25)/t20-/m0/s1. The van der Waals surface area contributed by atoms with Crippen molar-refractivity contribution in [2.75, 3.05) is 20.3 Å². The monoisotopic (exact) mass is 442 g/mol. The van der Waals surface area contributed by atoms with E-state index in [0.29, 0.717) is 13.2 Å². The second-order valence-electron chi connectivity index (χ2n) is 8.09. The molecule has 6 heteroatoms. The molecule has 0 unspecified atom stereocenters. The van der Waals surface area contributed by atoms with Crippen LogP contribution in [-0.4, -0.2) is 31.2 Å². The molecule has 0 bridgehead atoms. The van der Waals surface area contributed by atoms with Crippen LogP contribution in [0, 0.1) is 5.41 Å². The van der Waals surface area contributed by atoms with E-state index in [-0.39, 0.29) is 11.4 Å². The molecule has 0 spiro atoms. The first-order valence-corrected chi connectivity index (χ1v) is 9.98. The van der Waals surface area contributed by atoms with E-state index in [0.717, 1.165) is 33.5 Å². The minimum absolute atomic E-state index is 0.152. The molecule has 0 fully saturated rings. The van der Waals surface area contributed by atoms with E-state index in [1.54, 1.807) is 12.0 Å². The average molecular weight is 444 g/mol. The lowest BCUT2D eigenvalue weighted by Crippen LogP contribution is -2.53. The van der Waals surface area contributed by atoms with Crippen LogP contribution >= 0.6 is 27.5 Å². The molecule has 0 radical (unpaired) electrons. The van der Waals surface area contributed by atoms with Gasteiger partial charge in [-0.2, -0.15) is 0 Å². The number of hydrogen-bond acceptors (Lipinski definition) is 2. The highest BCUT2D eigenvalue weighted by Crippen LogP contribution is 2.38. The molecule has 1 aliphatic rings. The zero-order valence-corrected chi connectivity index (χ0v) is 18.5. The lowest BCUT2D eigenvalue weighted by Gasteiger charge is -2.38. The van der Waals surface area contributed by atoms with E-state index in [1.165, 1.54) is 0 Å². The zero-order valence-electron chi connectivity index (χ0n) is 16.2. The highest BCUT2D eigenvalue weighted by molar-refractivity contribution is 9.11. The number of halogens is 2. The summed E-state index contributed by atoms with van der Waals surface area (Å²) in [6.07, 6.45) is 3.82. The molecule has 1 N–H and O–H groups in total. The minimum atomic E-state index is -0.646.